The van der Waals surface area contributed by atoms with Crippen molar-refractivity contribution in [3.05, 3.63) is 46.4 Å². The molecule has 0 bridgehead atoms. The number of hydrogen-bond donors (Lipinski definition) is 2. The highest BCUT2D eigenvalue weighted by molar-refractivity contribution is 7.99. The highest BCUT2D eigenvalue weighted by Crippen LogP contribution is 2.22. The molecule has 3 rings (SSSR count). The number of nitrogens with zero attached hydrogens (tertiary/aromatic N) is 2. The largest absolute Gasteiger partial charge is 0.469 e. The van der Waals surface area contributed by atoms with E-state index < -0.39 is 5.97 Å². The summed E-state index contributed by atoms with van der Waals surface area (Å²) in [6, 6.07) is 9.01. The lowest BCUT2D eigenvalue weighted by atomic mass is 10.2. The Morgan fingerprint density at radius 1 is 1.25 bits per heavy atom. The zero-order valence-electron chi connectivity index (χ0n) is 15.6. The zero-order chi connectivity index (χ0) is 19.9. The standard InChI is InChI=1S/C19H22N4O4S/c1-27-18(26)11-14-10-16(24)22-19(21-14)28-12-17(25)20-13-4-6-15(7-5-13)23-8-2-3-9-23/h4-7,10H,2-3,8-9,11-12H2,1H3,(H,20,25)(H,21,22,24). The van der Waals surface area contributed by atoms with Crippen LogP contribution < -0.4 is 15.8 Å². The van der Waals surface area contributed by atoms with Gasteiger partial charge in [-0.1, -0.05) is 11.8 Å². The maximum atomic E-state index is 12.2. The maximum absolute atomic E-state index is 12.2. The molecule has 1 aromatic heterocycles. The SMILES string of the molecule is COC(=O)Cc1cc(=O)[nH]c(SCC(=O)Nc2ccc(N3CCCC3)cc2)n1. The van der Waals surface area contributed by atoms with Crippen molar-refractivity contribution in [3.8, 4) is 0 Å². The second-order valence-electron chi connectivity index (χ2n) is 6.37. The number of ether oxygens (including phenoxy) is 1. The number of aromatic amines is 1. The molecule has 8 nitrogen and oxygen atoms in total. The van der Waals surface area contributed by atoms with Crippen LogP contribution in [0, 0.1) is 0 Å². The third-order valence-electron chi connectivity index (χ3n) is 4.29. The number of methoxy groups -OCH3 is 1. The van der Waals surface area contributed by atoms with Crippen LogP contribution in [0.3, 0.4) is 0 Å². The van der Waals surface area contributed by atoms with E-state index in [1.165, 1.54) is 26.0 Å². The first-order chi connectivity index (χ1) is 13.5. The minimum Gasteiger partial charge on any atom is -0.469 e. The van der Waals surface area contributed by atoms with Crippen molar-refractivity contribution in [1.82, 2.24) is 9.97 Å². The Morgan fingerprint density at radius 3 is 2.64 bits per heavy atom. The molecule has 0 spiro atoms. The van der Waals surface area contributed by atoms with Crippen LogP contribution in [0.2, 0.25) is 0 Å². The molecule has 28 heavy (non-hydrogen) atoms. The Labute approximate surface area is 166 Å². The van der Waals surface area contributed by atoms with Gasteiger partial charge in [-0.3, -0.25) is 14.4 Å². The number of rotatable bonds is 7. The van der Waals surface area contributed by atoms with Crippen LogP contribution in [-0.2, 0) is 20.7 Å². The van der Waals surface area contributed by atoms with Crippen molar-refractivity contribution >= 4 is 35.0 Å². The molecule has 0 aliphatic carbocycles. The fourth-order valence-corrected chi connectivity index (χ4v) is 3.62. The minimum absolute atomic E-state index is 0.0818. The summed E-state index contributed by atoms with van der Waals surface area (Å²) in [5, 5.41) is 3.11. The van der Waals surface area contributed by atoms with Gasteiger partial charge in [0.05, 0.1) is 25.0 Å². The molecule has 2 heterocycles. The quantitative estimate of drug-likeness (QED) is 0.413. The molecule has 0 saturated carbocycles. The lowest BCUT2D eigenvalue weighted by Crippen LogP contribution is -2.18. The fraction of sp³-hybridized carbons (Fsp3) is 0.368. The number of benzene rings is 1. The third kappa shape index (κ3) is 5.59. The third-order valence-corrected chi connectivity index (χ3v) is 5.16. The average molecular weight is 402 g/mol. The molecule has 1 amide bonds. The summed E-state index contributed by atoms with van der Waals surface area (Å²) in [6.45, 7) is 2.14. The van der Waals surface area contributed by atoms with Crippen LogP contribution in [0.1, 0.15) is 18.5 Å². The summed E-state index contributed by atoms with van der Waals surface area (Å²) in [4.78, 5) is 44.3. The first-order valence-electron chi connectivity index (χ1n) is 8.98. The molecule has 9 heteroatoms. The number of amides is 1. The van der Waals surface area contributed by atoms with Crippen molar-refractivity contribution in [2.45, 2.75) is 24.4 Å². The number of hydrogen-bond acceptors (Lipinski definition) is 7. The number of carbonyl (C=O) groups excluding carboxylic acids is 2. The van der Waals surface area contributed by atoms with Gasteiger partial charge in [0, 0.05) is 30.5 Å². The van der Waals surface area contributed by atoms with Crippen LogP contribution in [0.4, 0.5) is 11.4 Å². The number of carbonyl (C=O) groups is 2. The van der Waals surface area contributed by atoms with Gasteiger partial charge in [-0.15, -0.1) is 0 Å². The molecule has 148 valence electrons. The first kappa shape index (κ1) is 19.9. The van der Waals surface area contributed by atoms with Gasteiger partial charge in [-0.25, -0.2) is 4.98 Å². The molecular formula is C19H22N4O4S. The Hall–Kier alpha value is -2.81. The molecule has 0 unspecified atom stereocenters. The Balaban J connectivity index is 1.54. The molecule has 1 aromatic carbocycles. The van der Waals surface area contributed by atoms with E-state index in [4.69, 9.17) is 0 Å². The molecule has 1 fully saturated rings. The zero-order valence-corrected chi connectivity index (χ0v) is 16.4. The highest BCUT2D eigenvalue weighted by Gasteiger charge is 2.13. The van der Waals surface area contributed by atoms with Gasteiger partial charge in [-0.05, 0) is 37.1 Å². The number of esters is 1. The molecule has 1 aliphatic rings. The number of anilines is 2. The van der Waals surface area contributed by atoms with E-state index >= 15 is 0 Å². The topological polar surface area (TPSA) is 104 Å². The average Bonchev–Trinajstić information content (AvgIpc) is 3.21. The lowest BCUT2D eigenvalue weighted by Gasteiger charge is -2.17. The van der Waals surface area contributed by atoms with Crippen molar-refractivity contribution in [2.24, 2.45) is 0 Å². The molecule has 0 radical (unpaired) electrons. The van der Waals surface area contributed by atoms with Crippen molar-refractivity contribution in [2.75, 3.05) is 36.2 Å². The number of H-pyrrole nitrogens is 1. The molecule has 1 saturated heterocycles. The summed E-state index contributed by atoms with van der Waals surface area (Å²) >= 11 is 1.10. The maximum Gasteiger partial charge on any atom is 0.311 e. The normalized spacial score (nSPS) is 13.4. The van der Waals surface area contributed by atoms with E-state index in [0.29, 0.717) is 5.69 Å². The Bertz CT molecular complexity index is 892. The molecular weight excluding hydrogens is 380 g/mol. The van der Waals surface area contributed by atoms with Gasteiger partial charge in [-0.2, -0.15) is 0 Å². The summed E-state index contributed by atoms with van der Waals surface area (Å²) in [5.41, 5.74) is 1.80. The fourth-order valence-electron chi connectivity index (χ4n) is 2.92. The van der Waals surface area contributed by atoms with Gasteiger partial charge in [0.2, 0.25) is 5.91 Å². The van der Waals surface area contributed by atoms with E-state index in [0.717, 1.165) is 36.2 Å². The molecule has 2 aromatic rings. The van der Waals surface area contributed by atoms with Crippen LogP contribution in [-0.4, -0.2) is 47.8 Å². The van der Waals surface area contributed by atoms with Crippen LogP contribution >= 0.6 is 11.8 Å². The van der Waals surface area contributed by atoms with E-state index in [1.807, 2.05) is 24.3 Å². The van der Waals surface area contributed by atoms with Crippen LogP contribution in [0.15, 0.2) is 40.3 Å². The van der Waals surface area contributed by atoms with Gasteiger partial charge in [0.25, 0.3) is 5.56 Å². The predicted octanol–water partition coefficient (Wildman–Crippen LogP) is 1.82. The molecule has 0 atom stereocenters. The van der Waals surface area contributed by atoms with Gasteiger partial charge < -0.3 is 19.9 Å². The second kappa shape index (κ2) is 9.41. The Morgan fingerprint density at radius 2 is 1.96 bits per heavy atom. The highest BCUT2D eigenvalue weighted by atomic mass is 32.2. The second-order valence-corrected chi connectivity index (χ2v) is 7.34. The van der Waals surface area contributed by atoms with Crippen molar-refractivity contribution < 1.29 is 14.3 Å². The number of nitrogens with one attached hydrogen (secondary N) is 2. The summed E-state index contributed by atoms with van der Waals surface area (Å²) in [5.74, 6) is -0.609. The number of thioether (sulfide) groups is 1. The summed E-state index contributed by atoms with van der Waals surface area (Å²) < 4.78 is 4.57. The van der Waals surface area contributed by atoms with Crippen molar-refractivity contribution in [1.29, 1.82) is 0 Å². The lowest BCUT2D eigenvalue weighted by molar-refractivity contribution is -0.139. The van der Waals surface area contributed by atoms with E-state index in [-0.39, 0.29) is 28.8 Å². The van der Waals surface area contributed by atoms with E-state index in [2.05, 4.69) is 24.9 Å². The monoisotopic (exact) mass is 402 g/mol. The van der Waals surface area contributed by atoms with E-state index in [1.54, 1.807) is 0 Å². The number of aromatic nitrogens is 2. The minimum atomic E-state index is -0.482. The van der Waals surface area contributed by atoms with Crippen LogP contribution in [0.5, 0.6) is 0 Å². The summed E-state index contributed by atoms with van der Waals surface area (Å²) in [6.07, 6.45) is 2.34. The molecule has 2 N–H and O–H groups in total. The Kier molecular flexibility index (Phi) is 6.70. The smallest absolute Gasteiger partial charge is 0.311 e. The van der Waals surface area contributed by atoms with Gasteiger partial charge >= 0.3 is 5.97 Å². The van der Waals surface area contributed by atoms with E-state index in [9.17, 15) is 14.4 Å². The van der Waals surface area contributed by atoms with Gasteiger partial charge in [0.1, 0.15) is 0 Å². The van der Waals surface area contributed by atoms with Gasteiger partial charge in [0.15, 0.2) is 5.16 Å². The van der Waals surface area contributed by atoms with Crippen molar-refractivity contribution in [3.63, 3.8) is 0 Å². The summed E-state index contributed by atoms with van der Waals surface area (Å²) in [7, 11) is 1.27. The van der Waals surface area contributed by atoms with Crippen LogP contribution in [0.25, 0.3) is 0 Å². The first-order valence-corrected chi connectivity index (χ1v) is 9.97. The predicted molar refractivity (Wildman–Crippen MR) is 108 cm³/mol. The molecule has 1 aliphatic heterocycles.